The van der Waals surface area contributed by atoms with Crippen molar-refractivity contribution in [3.63, 3.8) is 0 Å². The number of nitrogens with zero attached hydrogens (tertiary/aromatic N) is 3. The third-order valence-electron chi connectivity index (χ3n) is 3.22. The van der Waals surface area contributed by atoms with Crippen LogP contribution in [0.4, 0.5) is 5.69 Å². The Morgan fingerprint density at radius 1 is 1.20 bits per heavy atom. The van der Waals surface area contributed by atoms with Crippen molar-refractivity contribution in [1.29, 1.82) is 5.26 Å². The monoisotopic (exact) mass is 266 g/mol. The maximum atomic E-state index is 9.08. The lowest BCUT2D eigenvalue weighted by atomic mass is 10.1. The number of aromatic nitrogens is 1. The first-order valence-corrected chi connectivity index (χ1v) is 6.63. The fraction of sp³-hybridized carbons (Fsp3) is 0.250. The molecule has 0 aliphatic rings. The number of rotatable bonds is 5. The molecule has 4 nitrogen and oxygen atoms in total. The third kappa shape index (κ3) is 3.56. The van der Waals surface area contributed by atoms with Gasteiger partial charge in [-0.3, -0.25) is 4.90 Å². The second-order valence-corrected chi connectivity index (χ2v) is 4.67. The van der Waals surface area contributed by atoms with Crippen molar-refractivity contribution in [2.24, 2.45) is 0 Å². The molecule has 0 aliphatic carbocycles. The van der Waals surface area contributed by atoms with E-state index in [-0.39, 0.29) is 0 Å². The van der Waals surface area contributed by atoms with Crippen LogP contribution < -0.4 is 5.73 Å². The van der Waals surface area contributed by atoms with Crippen molar-refractivity contribution in [3.8, 4) is 6.07 Å². The minimum Gasteiger partial charge on any atom is -0.399 e. The Morgan fingerprint density at radius 3 is 2.60 bits per heavy atom. The molecule has 0 amide bonds. The van der Waals surface area contributed by atoms with Crippen LogP contribution in [0, 0.1) is 11.3 Å². The Morgan fingerprint density at radius 2 is 1.95 bits per heavy atom. The molecule has 1 heterocycles. The molecule has 1 aromatic carbocycles. The molecule has 0 saturated heterocycles. The molecule has 0 saturated carbocycles. The van der Waals surface area contributed by atoms with Gasteiger partial charge in [0.25, 0.3) is 0 Å². The molecule has 0 radical (unpaired) electrons. The fourth-order valence-corrected chi connectivity index (χ4v) is 2.07. The SMILES string of the molecule is CCN(Cc1ccc(N)cc1)Cc1cccnc1C#N. The molecule has 102 valence electrons. The molecule has 20 heavy (non-hydrogen) atoms. The van der Waals surface area contributed by atoms with E-state index in [0.29, 0.717) is 5.69 Å². The van der Waals surface area contributed by atoms with Crippen LogP contribution in [-0.4, -0.2) is 16.4 Å². The van der Waals surface area contributed by atoms with Gasteiger partial charge in [-0.25, -0.2) is 4.98 Å². The van der Waals surface area contributed by atoms with Gasteiger partial charge in [-0.15, -0.1) is 0 Å². The zero-order chi connectivity index (χ0) is 14.4. The lowest BCUT2D eigenvalue weighted by Crippen LogP contribution is -2.23. The zero-order valence-electron chi connectivity index (χ0n) is 11.6. The highest BCUT2D eigenvalue weighted by Gasteiger charge is 2.09. The summed E-state index contributed by atoms with van der Waals surface area (Å²) in [7, 11) is 0. The van der Waals surface area contributed by atoms with Gasteiger partial charge in [0.05, 0.1) is 0 Å². The van der Waals surface area contributed by atoms with E-state index in [1.807, 2.05) is 36.4 Å². The molecule has 1 aromatic heterocycles. The number of nitriles is 1. The van der Waals surface area contributed by atoms with Crippen molar-refractivity contribution < 1.29 is 0 Å². The van der Waals surface area contributed by atoms with Crippen LogP contribution in [-0.2, 0) is 13.1 Å². The Labute approximate surface area is 119 Å². The summed E-state index contributed by atoms with van der Waals surface area (Å²) in [6, 6.07) is 13.9. The second kappa shape index (κ2) is 6.69. The first-order valence-electron chi connectivity index (χ1n) is 6.63. The summed E-state index contributed by atoms with van der Waals surface area (Å²) in [5, 5.41) is 9.08. The van der Waals surface area contributed by atoms with E-state index in [1.165, 1.54) is 5.56 Å². The number of anilines is 1. The lowest BCUT2D eigenvalue weighted by molar-refractivity contribution is 0.271. The smallest absolute Gasteiger partial charge is 0.144 e. The number of benzene rings is 1. The number of hydrogen-bond acceptors (Lipinski definition) is 4. The lowest BCUT2D eigenvalue weighted by Gasteiger charge is -2.21. The van der Waals surface area contributed by atoms with Crippen molar-refractivity contribution in [2.75, 3.05) is 12.3 Å². The Hall–Kier alpha value is -2.38. The number of pyridine rings is 1. The van der Waals surface area contributed by atoms with E-state index >= 15 is 0 Å². The summed E-state index contributed by atoms with van der Waals surface area (Å²) in [5.74, 6) is 0. The van der Waals surface area contributed by atoms with Crippen LogP contribution in [0.5, 0.6) is 0 Å². The van der Waals surface area contributed by atoms with Crippen molar-refractivity contribution >= 4 is 5.69 Å². The number of nitrogens with two attached hydrogens (primary N) is 1. The molecule has 0 atom stereocenters. The van der Waals surface area contributed by atoms with Gasteiger partial charge in [-0.1, -0.05) is 25.1 Å². The van der Waals surface area contributed by atoms with E-state index in [0.717, 1.165) is 30.9 Å². The summed E-state index contributed by atoms with van der Waals surface area (Å²) in [5.41, 5.74) is 9.15. The predicted molar refractivity (Wildman–Crippen MR) is 79.6 cm³/mol. The van der Waals surface area contributed by atoms with E-state index in [9.17, 15) is 0 Å². The minimum absolute atomic E-state index is 0.503. The summed E-state index contributed by atoms with van der Waals surface area (Å²) < 4.78 is 0. The highest BCUT2D eigenvalue weighted by atomic mass is 15.1. The van der Waals surface area contributed by atoms with E-state index in [2.05, 4.69) is 22.9 Å². The van der Waals surface area contributed by atoms with Gasteiger partial charge in [-0.2, -0.15) is 5.26 Å². The van der Waals surface area contributed by atoms with E-state index < -0.39 is 0 Å². The van der Waals surface area contributed by atoms with Crippen LogP contribution in [0.15, 0.2) is 42.6 Å². The average molecular weight is 266 g/mol. The quantitative estimate of drug-likeness (QED) is 0.845. The minimum atomic E-state index is 0.503. The molecule has 2 aromatic rings. The maximum absolute atomic E-state index is 9.08. The average Bonchev–Trinajstić information content (AvgIpc) is 2.49. The van der Waals surface area contributed by atoms with Crippen molar-refractivity contribution in [2.45, 2.75) is 20.0 Å². The number of hydrogen-bond donors (Lipinski definition) is 1. The van der Waals surface area contributed by atoms with Gasteiger partial charge in [0, 0.05) is 30.5 Å². The van der Waals surface area contributed by atoms with Gasteiger partial charge >= 0.3 is 0 Å². The largest absolute Gasteiger partial charge is 0.399 e. The molecule has 0 bridgehead atoms. The first kappa shape index (κ1) is 14.0. The van der Waals surface area contributed by atoms with Crippen LogP contribution in [0.25, 0.3) is 0 Å². The maximum Gasteiger partial charge on any atom is 0.144 e. The molecule has 4 heteroatoms. The zero-order valence-corrected chi connectivity index (χ0v) is 11.6. The predicted octanol–water partition coefficient (Wildman–Crippen LogP) is 2.56. The molecule has 0 aliphatic heterocycles. The molecule has 0 fully saturated rings. The summed E-state index contributed by atoms with van der Waals surface area (Å²) in [6.45, 7) is 4.57. The first-order chi connectivity index (χ1) is 9.72. The van der Waals surface area contributed by atoms with E-state index in [4.69, 9.17) is 11.0 Å². The third-order valence-corrected chi connectivity index (χ3v) is 3.22. The van der Waals surface area contributed by atoms with Gasteiger partial charge in [0.15, 0.2) is 0 Å². The summed E-state index contributed by atoms with van der Waals surface area (Å²) >= 11 is 0. The Kier molecular flexibility index (Phi) is 4.70. The highest BCUT2D eigenvalue weighted by Crippen LogP contribution is 2.13. The van der Waals surface area contributed by atoms with Crippen molar-refractivity contribution in [3.05, 3.63) is 59.4 Å². The van der Waals surface area contributed by atoms with Crippen LogP contribution in [0.2, 0.25) is 0 Å². The molecule has 2 rings (SSSR count). The molecular weight excluding hydrogens is 248 g/mol. The summed E-state index contributed by atoms with van der Waals surface area (Å²) in [4.78, 5) is 6.37. The van der Waals surface area contributed by atoms with Crippen molar-refractivity contribution in [1.82, 2.24) is 9.88 Å². The normalized spacial score (nSPS) is 10.4. The van der Waals surface area contributed by atoms with Gasteiger partial charge in [-0.05, 0) is 30.3 Å². The van der Waals surface area contributed by atoms with Gasteiger partial charge in [0.1, 0.15) is 11.8 Å². The highest BCUT2D eigenvalue weighted by molar-refractivity contribution is 5.39. The molecule has 0 unspecified atom stereocenters. The van der Waals surface area contributed by atoms with Gasteiger partial charge < -0.3 is 5.73 Å². The molecule has 2 N–H and O–H groups in total. The van der Waals surface area contributed by atoms with Crippen LogP contribution >= 0.6 is 0 Å². The van der Waals surface area contributed by atoms with Crippen LogP contribution in [0.1, 0.15) is 23.7 Å². The standard InChI is InChI=1S/C16H18N4/c1-2-20(11-13-5-7-15(18)8-6-13)12-14-4-3-9-19-16(14)10-17/h3-9H,2,11-12,18H2,1H3. The topological polar surface area (TPSA) is 65.9 Å². The number of nitrogen functional groups attached to an aromatic ring is 1. The van der Waals surface area contributed by atoms with Gasteiger partial charge in [0.2, 0.25) is 0 Å². The molecular formula is C16H18N4. The molecule has 0 spiro atoms. The van der Waals surface area contributed by atoms with Crippen LogP contribution in [0.3, 0.4) is 0 Å². The second-order valence-electron chi connectivity index (χ2n) is 4.67. The van der Waals surface area contributed by atoms with E-state index in [1.54, 1.807) is 6.20 Å². The summed E-state index contributed by atoms with van der Waals surface area (Å²) in [6.07, 6.45) is 1.65. The Bertz CT molecular complexity index is 599. The Balaban J connectivity index is 2.09. The fourth-order valence-electron chi connectivity index (χ4n) is 2.07.